The van der Waals surface area contributed by atoms with E-state index in [2.05, 4.69) is 10.6 Å². The summed E-state index contributed by atoms with van der Waals surface area (Å²) in [7, 11) is 0. The summed E-state index contributed by atoms with van der Waals surface area (Å²) in [6.45, 7) is 2.48. The number of nitrogens with one attached hydrogen (secondary N) is 2. The van der Waals surface area contributed by atoms with Gasteiger partial charge in [0, 0.05) is 17.7 Å². The molecule has 3 aromatic carbocycles. The Balaban J connectivity index is 1.54. The maximum atomic E-state index is 13.0. The number of rotatable bonds is 8. The van der Waals surface area contributed by atoms with Gasteiger partial charge in [0.1, 0.15) is 10.7 Å². The second kappa shape index (κ2) is 10.9. The summed E-state index contributed by atoms with van der Waals surface area (Å²) in [4.78, 5) is 29.5. The molecule has 0 saturated carbocycles. The third-order valence-electron chi connectivity index (χ3n) is 4.84. The van der Waals surface area contributed by atoms with Crippen LogP contribution in [0.25, 0.3) is 22.4 Å². The molecule has 166 valence electrons. The molecule has 0 bridgehead atoms. The van der Waals surface area contributed by atoms with Crippen LogP contribution in [-0.2, 0) is 4.79 Å². The van der Waals surface area contributed by atoms with Gasteiger partial charge >= 0.3 is 0 Å². The Hall–Kier alpha value is -3.42. The Bertz CT molecular complexity index is 1220. The summed E-state index contributed by atoms with van der Waals surface area (Å²) in [6.07, 6.45) is 0. The van der Waals surface area contributed by atoms with Crippen molar-refractivity contribution in [1.29, 1.82) is 0 Å². The van der Waals surface area contributed by atoms with Gasteiger partial charge in [-0.15, -0.1) is 0 Å². The number of hydrogen-bond donors (Lipinski definition) is 2. The first kappa shape index (κ1) is 22.8. The highest BCUT2D eigenvalue weighted by Crippen LogP contribution is 2.37. The Kier molecular flexibility index (Phi) is 7.55. The minimum atomic E-state index is -0.198. The van der Waals surface area contributed by atoms with E-state index in [1.54, 1.807) is 0 Å². The molecule has 33 heavy (non-hydrogen) atoms. The standard InChI is InChI=1S/C26H23N3O2S2/c1-2-27-22(30)17-32-26-28-23(20-11-7-4-8-12-20)25(33-26)29-24(31)21-15-13-19(14-16-21)18-9-5-3-6-10-18/h3-16H,2,17H2,1H3,(H,27,30)(H,29,31). The number of thioether (sulfide) groups is 1. The Morgan fingerprint density at radius 1 is 0.848 bits per heavy atom. The molecular weight excluding hydrogens is 450 g/mol. The lowest BCUT2D eigenvalue weighted by Crippen LogP contribution is -2.24. The molecule has 1 heterocycles. The topological polar surface area (TPSA) is 71.1 Å². The van der Waals surface area contributed by atoms with Crippen LogP contribution in [0.15, 0.2) is 89.3 Å². The number of nitrogens with zero attached hydrogens (tertiary/aromatic N) is 1. The van der Waals surface area contributed by atoms with Crippen molar-refractivity contribution in [2.24, 2.45) is 0 Å². The molecular formula is C26H23N3O2S2. The molecule has 0 fully saturated rings. The lowest BCUT2D eigenvalue weighted by Gasteiger charge is -2.07. The molecule has 4 aromatic rings. The van der Waals surface area contributed by atoms with Gasteiger partial charge in [-0.2, -0.15) is 0 Å². The fraction of sp³-hybridized carbons (Fsp3) is 0.115. The van der Waals surface area contributed by atoms with Crippen LogP contribution < -0.4 is 10.6 Å². The Morgan fingerprint density at radius 2 is 1.45 bits per heavy atom. The number of amides is 2. The van der Waals surface area contributed by atoms with Gasteiger partial charge in [-0.25, -0.2) is 4.98 Å². The number of thiazole rings is 1. The van der Waals surface area contributed by atoms with Crippen LogP contribution in [0, 0.1) is 0 Å². The van der Waals surface area contributed by atoms with E-state index >= 15 is 0 Å². The van der Waals surface area contributed by atoms with Crippen LogP contribution in [0.4, 0.5) is 5.00 Å². The van der Waals surface area contributed by atoms with Crippen molar-refractivity contribution in [1.82, 2.24) is 10.3 Å². The molecule has 1 aromatic heterocycles. The number of hydrogen-bond acceptors (Lipinski definition) is 5. The van der Waals surface area contributed by atoms with Crippen molar-refractivity contribution >= 4 is 39.9 Å². The molecule has 4 rings (SSSR count). The van der Waals surface area contributed by atoms with Crippen molar-refractivity contribution in [3.8, 4) is 22.4 Å². The quantitative estimate of drug-likeness (QED) is 0.310. The molecule has 0 radical (unpaired) electrons. The largest absolute Gasteiger partial charge is 0.356 e. The number of aromatic nitrogens is 1. The van der Waals surface area contributed by atoms with Crippen LogP contribution in [0.3, 0.4) is 0 Å². The van der Waals surface area contributed by atoms with Gasteiger partial charge in [-0.1, -0.05) is 95.9 Å². The molecule has 0 aliphatic carbocycles. The lowest BCUT2D eigenvalue weighted by atomic mass is 10.0. The van der Waals surface area contributed by atoms with Crippen LogP contribution in [-0.4, -0.2) is 29.1 Å². The molecule has 2 amide bonds. The van der Waals surface area contributed by atoms with E-state index in [1.165, 1.54) is 23.1 Å². The van der Waals surface area contributed by atoms with Gasteiger partial charge in [0.15, 0.2) is 4.34 Å². The van der Waals surface area contributed by atoms with Gasteiger partial charge in [-0.05, 0) is 30.2 Å². The van der Waals surface area contributed by atoms with Gasteiger partial charge in [0.05, 0.1) is 5.75 Å². The van der Waals surface area contributed by atoms with E-state index in [0.29, 0.717) is 22.8 Å². The van der Waals surface area contributed by atoms with Gasteiger partial charge in [0.25, 0.3) is 5.91 Å². The maximum Gasteiger partial charge on any atom is 0.256 e. The van der Waals surface area contributed by atoms with Crippen LogP contribution in [0.2, 0.25) is 0 Å². The fourth-order valence-electron chi connectivity index (χ4n) is 3.23. The second-order valence-electron chi connectivity index (χ2n) is 7.16. The molecule has 0 aliphatic rings. The summed E-state index contributed by atoms with van der Waals surface area (Å²) in [5, 5.41) is 6.47. The Labute approximate surface area is 201 Å². The summed E-state index contributed by atoms with van der Waals surface area (Å²) in [6, 6.07) is 27.3. The molecule has 0 saturated heterocycles. The van der Waals surface area contributed by atoms with Crippen LogP contribution >= 0.6 is 23.1 Å². The van der Waals surface area contributed by atoms with Crippen LogP contribution in [0.5, 0.6) is 0 Å². The molecule has 0 atom stereocenters. The second-order valence-corrected chi connectivity index (χ2v) is 9.38. The highest BCUT2D eigenvalue weighted by Gasteiger charge is 2.17. The number of benzene rings is 3. The van der Waals surface area contributed by atoms with E-state index < -0.39 is 0 Å². The predicted octanol–water partition coefficient (Wildman–Crippen LogP) is 5.96. The van der Waals surface area contributed by atoms with Crippen molar-refractivity contribution in [3.63, 3.8) is 0 Å². The first-order valence-electron chi connectivity index (χ1n) is 10.6. The summed E-state index contributed by atoms with van der Waals surface area (Å²) >= 11 is 2.74. The molecule has 0 unspecified atom stereocenters. The lowest BCUT2D eigenvalue weighted by molar-refractivity contribution is -0.118. The van der Waals surface area contributed by atoms with Crippen molar-refractivity contribution in [2.75, 3.05) is 17.6 Å². The molecule has 0 spiro atoms. The average Bonchev–Trinajstić information content (AvgIpc) is 3.26. The van der Waals surface area contributed by atoms with Gasteiger partial charge in [-0.3, -0.25) is 9.59 Å². The van der Waals surface area contributed by atoms with E-state index in [-0.39, 0.29) is 17.6 Å². The molecule has 5 nitrogen and oxygen atoms in total. The average molecular weight is 474 g/mol. The SMILES string of the molecule is CCNC(=O)CSc1nc(-c2ccccc2)c(NC(=O)c2ccc(-c3ccccc3)cc2)s1. The highest BCUT2D eigenvalue weighted by molar-refractivity contribution is 8.01. The number of anilines is 1. The van der Waals surface area contributed by atoms with Crippen molar-refractivity contribution in [2.45, 2.75) is 11.3 Å². The summed E-state index contributed by atoms with van der Waals surface area (Å²) in [5.41, 5.74) is 4.34. The highest BCUT2D eigenvalue weighted by atomic mass is 32.2. The van der Waals surface area contributed by atoms with E-state index in [1.807, 2.05) is 91.9 Å². The fourth-order valence-corrected chi connectivity index (χ4v) is 5.12. The number of carbonyl (C=O) groups excluding carboxylic acids is 2. The van der Waals surface area contributed by atoms with E-state index in [0.717, 1.165) is 21.0 Å². The predicted molar refractivity (Wildman–Crippen MR) is 137 cm³/mol. The van der Waals surface area contributed by atoms with Gasteiger partial charge in [0.2, 0.25) is 5.91 Å². The monoisotopic (exact) mass is 473 g/mol. The third kappa shape index (κ3) is 5.88. The Morgan fingerprint density at radius 3 is 2.09 bits per heavy atom. The molecule has 7 heteroatoms. The first-order chi connectivity index (χ1) is 16.1. The zero-order valence-corrected chi connectivity index (χ0v) is 19.7. The normalized spacial score (nSPS) is 10.6. The minimum absolute atomic E-state index is 0.0388. The first-order valence-corrected chi connectivity index (χ1v) is 12.4. The maximum absolute atomic E-state index is 13.0. The van der Waals surface area contributed by atoms with Gasteiger partial charge < -0.3 is 10.6 Å². The summed E-state index contributed by atoms with van der Waals surface area (Å²) in [5.74, 6) is 0.0444. The van der Waals surface area contributed by atoms with E-state index in [9.17, 15) is 9.59 Å². The molecule has 2 N–H and O–H groups in total. The van der Waals surface area contributed by atoms with Crippen molar-refractivity contribution < 1.29 is 9.59 Å². The zero-order valence-electron chi connectivity index (χ0n) is 18.1. The summed E-state index contributed by atoms with van der Waals surface area (Å²) < 4.78 is 0.731. The van der Waals surface area contributed by atoms with Crippen molar-refractivity contribution in [3.05, 3.63) is 90.5 Å². The number of carbonyl (C=O) groups is 2. The zero-order chi connectivity index (χ0) is 23.0. The minimum Gasteiger partial charge on any atom is -0.356 e. The smallest absolute Gasteiger partial charge is 0.256 e. The third-order valence-corrected chi connectivity index (χ3v) is 6.95. The molecule has 0 aliphatic heterocycles. The van der Waals surface area contributed by atoms with Crippen LogP contribution in [0.1, 0.15) is 17.3 Å². The van der Waals surface area contributed by atoms with E-state index in [4.69, 9.17) is 4.98 Å².